The summed E-state index contributed by atoms with van der Waals surface area (Å²) in [5.41, 5.74) is 3.00. The smallest absolute Gasteiger partial charge is 0.249 e. The molecule has 31 heavy (non-hydrogen) atoms. The van der Waals surface area contributed by atoms with Crippen LogP contribution in [0.1, 0.15) is 30.4 Å². The molecule has 2 aromatic carbocycles. The standard InChI is InChI=1S/C23H28N4O4/c1-15-8-9-16(2)19(13-15)31-12-6-5-7-21(28)24-23-25-22(26-27-23)18-11-10-17(29-3)14-20(18)30-4/h8-11,13-14H,5-7,12H2,1-4H3,(H2,24,25,26,27,28). The summed E-state index contributed by atoms with van der Waals surface area (Å²) in [7, 11) is 3.16. The molecule has 1 aromatic heterocycles. The van der Waals surface area contributed by atoms with E-state index < -0.39 is 0 Å². The molecule has 0 bridgehead atoms. The number of H-pyrrole nitrogens is 1. The quantitative estimate of drug-likeness (QED) is 0.471. The van der Waals surface area contributed by atoms with Crippen molar-refractivity contribution in [3.8, 4) is 28.6 Å². The molecule has 8 nitrogen and oxygen atoms in total. The molecule has 1 heterocycles. The predicted octanol–water partition coefficient (Wildman–Crippen LogP) is 4.29. The van der Waals surface area contributed by atoms with Crippen molar-refractivity contribution in [1.29, 1.82) is 0 Å². The van der Waals surface area contributed by atoms with Crippen molar-refractivity contribution in [2.45, 2.75) is 33.1 Å². The summed E-state index contributed by atoms with van der Waals surface area (Å²) in [4.78, 5) is 16.6. The molecule has 3 rings (SSSR count). The van der Waals surface area contributed by atoms with Gasteiger partial charge in [-0.3, -0.25) is 15.2 Å². The lowest BCUT2D eigenvalue weighted by molar-refractivity contribution is -0.116. The van der Waals surface area contributed by atoms with Gasteiger partial charge in [0.15, 0.2) is 5.82 Å². The Kier molecular flexibility index (Phi) is 7.48. The molecular formula is C23H28N4O4. The molecule has 0 atom stereocenters. The number of ether oxygens (including phenoxy) is 3. The van der Waals surface area contributed by atoms with Gasteiger partial charge < -0.3 is 14.2 Å². The van der Waals surface area contributed by atoms with Gasteiger partial charge in [0.1, 0.15) is 17.2 Å². The number of aryl methyl sites for hydroxylation is 2. The minimum atomic E-state index is -0.140. The summed E-state index contributed by atoms with van der Waals surface area (Å²) in [6.07, 6.45) is 1.86. The zero-order valence-corrected chi connectivity index (χ0v) is 18.3. The first-order valence-electron chi connectivity index (χ1n) is 10.1. The van der Waals surface area contributed by atoms with Gasteiger partial charge >= 0.3 is 0 Å². The van der Waals surface area contributed by atoms with E-state index in [0.29, 0.717) is 36.8 Å². The Morgan fingerprint density at radius 1 is 1.03 bits per heavy atom. The van der Waals surface area contributed by atoms with E-state index in [1.54, 1.807) is 26.4 Å². The minimum absolute atomic E-state index is 0.140. The van der Waals surface area contributed by atoms with Crippen LogP contribution >= 0.6 is 0 Å². The molecule has 0 fully saturated rings. The van der Waals surface area contributed by atoms with Crippen molar-refractivity contribution in [2.24, 2.45) is 0 Å². The molecule has 2 N–H and O–H groups in total. The van der Waals surface area contributed by atoms with Crippen molar-refractivity contribution >= 4 is 11.9 Å². The molecule has 0 spiro atoms. The lowest BCUT2D eigenvalue weighted by atomic mass is 10.1. The second-order valence-corrected chi connectivity index (χ2v) is 7.20. The van der Waals surface area contributed by atoms with E-state index in [-0.39, 0.29) is 11.9 Å². The van der Waals surface area contributed by atoms with Crippen LogP contribution in [0.2, 0.25) is 0 Å². The van der Waals surface area contributed by atoms with Crippen LogP contribution in [-0.4, -0.2) is 41.9 Å². The van der Waals surface area contributed by atoms with Gasteiger partial charge in [-0.25, -0.2) is 0 Å². The molecule has 0 saturated heterocycles. The number of amides is 1. The van der Waals surface area contributed by atoms with Crippen LogP contribution in [0.4, 0.5) is 5.95 Å². The normalized spacial score (nSPS) is 10.6. The second-order valence-electron chi connectivity index (χ2n) is 7.20. The van der Waals surface area contributed by atoms with Crippen LogP contribution < -0.4 is 19.5 Å². The molecule has 164 valence electrons. The van der Waals surface area contributed by atoms with Gasteiger partial charge in [-0.15, -0.1) is 5.10 Å². The second kappa shape index (κ2) is 10.5. The number of hydrogen-bond donors (Lipinski definition) is 2. The third-order valence-electron chi connectivity index (χ3n) is 4.80. The molecule has 0 aliphatic rings. The molecule has 8 heteroatoms. The van der Waals surface area contributed by atoms with E-state index >= 15 is 0 Å². The monoisotopic (exact) mass is 424 g/mol. The molecule has 0 aliphatic heterocycles. The number of aromatic nitrogens is 3. The first kappa shape index (κ1) is 22.1. The van der Waals surface area contributed by atoms with Crippen molar-refractivity contribution < 1.29 is 19.0 Å². The summed E-state index contributed by atoms with van der Waals surface area (Å²) >= 11 is 0. The van der Waals surface area contributed by atoms with Gasteiger partial charge in [-0.2, -0.15) is 4.98 Å². The number of nitrogens with one attached hydrogen (secondary N) is 2. The van der Waals surface area contributed by atoms with Crippen LogP contribution in [0.5, 0.6) is 17.2 Å². The Balaban J connectivity index is 1.46. The van der Waals surface area contributed by atoms with Crippen molar-refractivity contribution in [2.75, 3.05) is 26.1 Å². The number of carbonyl (C=O) groups is 1. The van der Waals surface area contributed by atoms with Crippen molar-refractivity contribution in [1.82, 2.24) is 15.2 Å². The lowest BCUT2D eigenvalue weighted by Crippen LogP contribution is -2.12. The van der Waals surface area contributed by atoms with Crippen LogP contribution in [0.25, 0.3) is 11.4 Å². The van der Waals surface area contributed by atoms with Gasteiger partial charge in [0.05, 0.1) is 26.4 Å². The topological polar surface area (TPSA) is 98.4 Å². The molecular weight excluding hydrogens is 396 g/mol. The van der Waals surface area contributed by atoms with Crippen LogP contribution in [0.3, 0.4) is 0 Å². The summed E-state index contributed by atoms with van der Waals surface area (Å²) < 4.78 is 16.4. The maximum Gasteiger partial charge on any atom is 0.249 e. The Morgan fingerprint density at radius 3 is 2.65 bits per heavy atom. The Labute approximate surface area is 181 Å². The van der Waals surface area contributed by atoms with Gasteiger partial charge in [0, 0.05) is 12.5 Å². The highest BCUT2D eigenvalue weighted by Gasteiger charge is 2.13. The largest absolute Gasteiger partial charge is 0.497 e. The van der Waals surface area contributed by atoms with E-state index in [2.05, 4.69) is 26.6 Å². The van der Waals surface area contributed by atoms with Crippen LogP contribution in [0, 0.1) is 13.8 Å². The van der Waals surface area contributed by atoms with E-state index in [1.807, 2.05) is 32.0 Å². The highest BCUT2D eigenvalue weighted by atomic mass is 16.5. The van der Waals surface area contributed by atoms with E-state index in [0.717, 1.165) is 28.9 Å². The predicted molar refractivity (Wildman–Crippen MR) is 119 cm³/mol. The number of methoxy groups -OCH3 is 2. The molecule has 3 aromatic rings. The fraction of sp³-hybridized carbons (Fsp3) is 0.348. The zero-order valence-electron chi connectivity index (χ0n) is 18.3. The number of hydrogen-bond acceptors (Lipinski definition) is 6. The third-order valence-corrected chi connectivity index (χ3v) is 4.80. The third kappa shape index (κ3) is 5.97. The Bertz CT molecular complexity index is 1030. The number of rotatable bonds is 10. The van der Waals surface area contributed by atoms with Gasteiger partial charge in [-0.1, -0.05) is 12.1 Å². The molecule has 0 radical (unpaired) electrons. The SMILES string of the molecule is COc1ccc(-c2nc(NC(=O)CCCCOc3cc(C)ccc3C)n[nH]2)c(OC)c1. The van der Waals surface area contributed by atoms with Crippen LogP contribution in [-0.2, 0) is 4.79 Å². The lowest BCUT2D eigenvalue weighted by Gasteiger charge is -2.09. The highest BCUT2D eigenvalue weighted by Crippen LogP contribution is 2.31. The van der Waals surface area contributed by atoms with Gasteiger partial charge in [0.25, 0.3) is 0 Å². The number of benzene rings is 2. The van der Waals surface area contributed by atoms with Crippen LogP contribution in [0.15, 0.2) is 36.4 Å². The van der Waals surface area contributed by atoms with Gasteiger partial charge in [0.2, 0.25) is 11.9 Å². The minimum Gasteiger partial charge on any atom is -0.497 e. The first-order chi connectivity index (χ1) is 15.0. The van der Waals surface area contributed by atoms with E-state index in [1.165, 1.54) is 0 Å². The Morgan fingerprint density at radius 2 is 1.87 bits per heavy atom. The fourth-order valence-electron chi connectivity index (χ4n) is 3.05. The number of unbranched alkanes of at least 4 members (excludes halogenated alkanes) is 1. The number of aromatic amines is 1. The summed E-state index contributed by atoms with van der Waals surface area (Å²) in [6.45, 7) is 4.63. The van der Waals surface area contributed by atoms with Crippen molar-refractivity contribution in [3.05, 3.63) is 47.5 Å². The molecule has 0 saturated carbocycles. The fourth-order valence-corrected chi connectivity index (χ4v) is 3.05. The average molecular weight is 425 g/mol. The van der Waals surface area contributed by atoms with E-state index in [9.17, 15) is 4.79 Å². The number of nitrogens with zero attached hydrogens (tertiary/aromatic N) is 2. The molecule has 1 amide bonds. The number of anilines is 1. The van der Waals surface area contributed by atoms with Crippen molar-refractivity contribution in [3.63, 3.8) is 0 Å². The van der Waals surface area contributed by atoms with E-state index in [4.69, 9.17) is 14.2 Å². The highest BCUT2D eigenvalue weighted by molar-refractivity contribution is 5.89. The van der Waals surface area contributed by atoms with Gasteiger partial charge in [-0.05, 0) is 56.0 Å². The maximum absolute atomic E-state index is 12.2. The maximum atomic E-state index is 12.2. The first-order valence-corrected chi connectivity index (χ1v) is 10.1. The summed E-state index contributed by atoms with van der Waals surface area (Å²) in [5.74, 6) is 2.75. The molecule has 0 unspecified atom stereocenters. The Hall–Kier alpha value is -3.55. The summed E-state index contributed by atoms with van der Waals surface area (Å²) in [5, 5.41) is 9.62. The number of carbonyl (C=O) groups excluding carboxylic acids is 1. The summed E-state index contributed by atoms with van der Waals surface area (Å²) in [6, 6.07) is 11.5. The molecule has 0 aliphatic carbocycles. The average Bonchev–Trinajstić information content (AvgIpc) is 3.23. The zero-order chi connectivity index (χ0) is 22.2.